The molecular formula is C6H5F2IN2. The number of rotatable bonds is 1. The Morgan fingerprint density at radius 1 is 1.55 bits per heavy atom. The monoisotopic (exact) mass is 270 g/mol. The summed E-state index contributed by atoms with van der Waals surface area (Å²) in [4.78, 5) is 3.49. The molecule has 1 aromatic heterocycles. The Morgan fingerprint density at radius 2 is 2.18 bits per heavy atom. The normalized spacial score (nSPS) is 10.5. The second-order valence-electron chi connectivity index (χ2n) is 1.93. The second kappa shape index (κ2) is 3.29. The Balaban J connectivity index is 3.09. The molecule has 0 aliphatic heterocycles. The predicted octanol–water partition coefficient (Wildman–Crippen LogP) is 2.21. The number of halogens is 3. The second-order valence-corrected chi connectivity index (χ2v) is 3.17. The van der Waals surface area contributed by atoms with Crippen molar-refractivity contribution < 1.29 is 8.78 Å². The summed E-state index contributed by atoms with van der Waals surface area (Å²) in [7, 11) is 0. The molecule has 0 aromatic carbocycles. The SMILES string of the molecule is Nc1cc(I)cnc1C(F)F. The smallest absolute Gasteiger partial charge is 0.282 e. The number of nitrogens with two attached hydrogens (primary N) is 1. The van der Waals surface area contributed by atoms with Gasteiger partial charge in [-0.15, -0.1) is 0 Å². The highest BCUT2D eigenvalue weighted by molar-refractivity contribution is 14.1. The molecular weight excluding hydrogens is 265 g/mol. The molecule has 0 atom stereocenters. The van der Waals surface area contributed by atoms with Crippen LogP contribution in [0.5, 0.6) is 0 Å². The van der Waals surface area contributed by atoms with Crippen LogP contribution in [0.4, 0.5) is 14.5 Å². The molecule has 0 bridgehead atoms. The van der Waals surface area contributed by atoms with Crippen LogP contribution in [0.25, 0.3) is 0 Å². The van der Waals surface area contributed by atoms with Crippen molar-refractivity contribution in [3.8, 4) is 0 Å². The van der Waals surface area contributed by atoms with E-state index in [2.05, 4.69) is 4.98 Å². The van der Waals surface area contributed by atoms with Gasteiger partial charge in [0, 0.05) is 9.77 Å². The summed E-state index contributed by atoms with van der Waals surface area (Å²) in [5, 5.41) is 0. The van der Waals surface area contributed by atoms with Crippen molar-refractivity contribution in [2.24, 2.45) is 0 Å². The molecule has 0 aliphatic carbocycles. The molecule has 5 heteroatoms. The largest absolute Gasteiger partial charge is 0.397 e. The zero-order valence-electron chi connectivity index (χ0n) is 5.39. The first-order chi connectivity index (χ1) is 5.11. The Bertz CT molecular complexity index is 265. The van der Waals surface area contributed by atoms with Crippen LogP contribution in [0.3, 0.4) is 0 Å². The fraction of sp³-hybridized carbons (Fsp3) is 0.167. The minimum atomic E-state index is -2.59. The Hall–Kier alpha value is -0.460. The minimum Gasteiger partial charge on any atom is -0.397 e. The highest BCUT2D eigenvalue weighted by Crippen LogP contribution is 2.23. The van der Waals surface area contributed by atoms with Crippen LogP contribution in [0.2, 0.25) is 0 Å². The Labute approximate surface area is 75.9 Å². The molecule has 0 saturated heterocycles. The van der Waals surface area contributed by atoms with E-state index in [1.54, 1.807) is 0 Å². The molecule has 1 aromatic rings. The van der Waals surface area contributed by atoms with Gasteiger partial charge in [-0.1, -0.05) is 0 Å². The van der Waals surface area contributed by atoms with Crippen molar-refractivity contribution >= 4 is 28.3 Å². The van der Waals surface area contributed by atoms with Crippen molar-refractivity contribution in [3.05, 3.63) is 21.5 Å². The molecule has 2 nitrogen and oxygen atoms in total. The van der Waals surface area contributed by atoms with Crippen LogP contribution in [-0.2, 0) is 0 Å². The zero-order valence-corrected chi connectivity index (χ0v) is 7.55. The van der Waals surface area contributed by atoms with Gasteiger partial charge in [0.15, 0.2) is 0 Å². The lowest BCUT2D eigenvalue weighted by atomic mass is 10.3. The van der Waals surface area contributed by atoms with Crippen LogP contribution in [0.1, 0.15) is 12.1 Å². The predicted molar refractivity (Wildman–Crippen MR) is 46.3 cm³/mol. The number of alkyl halides is 2. The third kappa shape index (κ3) is 1.98. The molecule has 2 N–H and O–H groups in total. The fourth-order valence-corrected chi connectivity index (χ4v) is 1.12. The molecule has 0 unspecified atom stereocenters. The number of nitrogens with zero attached hydrogens (tertiary/aromatic N) is 1. The fourth-order valence-electron chi connectivity index (χ4n) is 0.648. The number of anilines is 1. The first-order valence-electron chi connectivity index (χ1n) is 2.80. The average Bonchev–Trinajstić information content (AvgIpc) is 1.85. The van der Waals surface area contributed by atoms with E-state index < -0.39 is 6.43 Å². The van der Waals surface area contributed by atoms with E-state index in [1.807, 2.05) is 22.6 Å². The number of pyridine rings is 1. The summed E-state index contributed by atoms with van der Waals surface area (Å²) in [6.07, 6.45) is -1.23. The van der Waals surface area contributed by atoms with Gasteiger partial charge in [0.05, 0.1) is 5.69 Å². The standard InChI is InChI=1S/C6H5F2IN2/c7-6(8)5-4(10)1-3(9)2-11-5/h1-2,6H,10H2. The molecule has 1 rings (SSSR count). The van der Waals surface area contributed by atoms with Gasteiger partial charge in [-0.25, -0.2) is 8.78 Å². The summed E-state index contributed by atoms with van der Waals surface area (Å²) in [5.74, 6) is 0. The van der Waals surface area contributed by atoms with Crippen LogP contribution in [-0.4, -0.2) is 4.98 Å². The Kier molecular flexibility index (Phi) is 2.58. The van der Waals surface area contributed by atoms with Gasteiger partial charge in [0.2, 0.25) is 0 Å². The summed E-state index contributed by atoms with van der Waals surface area (Å²) in [5.41, 5.74) is 4.98. The molecule has 0 fully saturated rings. The van der Waals surface area contributed by atoms with E-state index in [1.165, 1.54) is 12.3 Å². The maximum absolute atomic E-state index is 12.0. The van der Waals surface area contributed by atoms with E-state index in [-0.39, 0.29) is 11.4 Å². The van der Waals surface area contributed by atoms with Crippen molar-refractivity contribution in [2.75, 3.05) is 5.73 Å². The summed E-state index contributed by atoms with van der Waals surface area (Å²) in [6.45, 7) is 0. The van der Waals surface area contributed by atoms with Crippen molar-refractivity contribution in [3.63, 3.8) is 0 Å². The first-order valence-corrected chi connectivity index (χ1v) is 3.88. The number of aromatic nitrogens is 1. The van der Waals surface area contributed by atoms with Crippen LogP contribution in [0.15, 0.2) is 12.3 Å². The molecule has 0 spiro atoms. The van der Waals surface area contributed by atoms with Crippen molar-refractivity contribution in [2.45, 2.75) is 6.43 Å². The van der Waals surface area contributed by atoms with Gasteiger partial charge in [0.25, 0.3) is 6.43 Å². The molecule has 11 heavy (non-hydrogen) atoms. The zero-order chi connectivity index (χ0) is 8.43. The highest BCUT2D eigenvalue weighted by atomic mass is 127. The van der Waals surface area contributed by atoms with Gasteiger partial charge in [-0.3, -0.25) is 4.98 Å². The maximum Gasteiger partial charge on any atom is 0.282 e. The summed E-state index contributed by atoms with van der Waals surface area (Å²) >= 11 is 1.96. The number of nitrogen functional groups attached to an aromatic ring is 1. The van der Waals surface area contributed by atoms with E-state index in [4.69, 9.17) is 5.73 Å². The molecule has 1 heterocycles. The third-order valence-corrected chi connectivity index (χ3v) is 1.71. The molecule has 0 amide bonds. The average molecular weight is 270 g/mol. The topological polar surface area (TPSA) is 38.9 Å². The molecule has 0 saturated carbocycles. The lowest BCUT2D eigenvalue weighted by Crippen LogP contribution is -1.98. The molecule has 60 valence electrons. The van der Waals surface area contributed by atoms with Crippen molar-refractivity contribution in [1.29, 1.82) is 0 Å². The number of hydrogen-bond acceptors (Lipinski definition) is 2. The quantitative estimate of drug-likeness (QED) is 0.794. The van der Waals surface area contributed by atoms with Gasteiger partial charge >= 0.3 is 0 Å². The van der Waals surface area contributed by atoms with Crippen molar-refractivity contribution in [1.82, 2.24) is 4.98 Å². The van der Waals surface area contributed by atoms with Crippen LogP contribution < -0.4 is 5.73 Å². The highest BCUT2D eigenvalue weighted by Gasteiger charge is 2.12. The van der Waals surface area contributed by atoms with Gasteiger partial charge in [0.1, 0.15) is 5.69 Å². The Morgan fingerprint density at radius 3 is 2.64 bits per heavy atom. The van der Waals surface area contributed by atoms with Gasteiger partial charge in [-0.05, 0) is 28.7 Å². The van der Waals surface area contributed by atoms with Crippen LogP contribution >= 0.6 is 22.6 Å². The molecule has 0 radical (unpaired) electrons. The summed E-state index contributed by atoms with van der Waals surface area (Å²) in [6, 6.07) is 1.47. The lowest BCUT2D eigenvalue weighted by molar-refractivity contribution is 0.147. The van der Waals surface area contributed by atoms with Gasteiger partial charge < -0.3 is 5.73 Å². The van der Waals surface area contributed by atoms with E-state index in [0.717, 1.165) is 3.57 Å². The third-order valence-electron chi connectivity index (χ3n) is 1.12. The van der Waals surface area contributed by atoms with E-state index >= 15 is 0 Å². The lowest BCUT2D eigenvalue weighted by Gasteiger charge is -2.02. The van der Waals surface area contributed by atoms with Gasteiger partial charge in [-0.2, -0.15) is 0 Å². The maximum atomic E-state index is 12.0. The van der Waals surface area contributed by atoms with E-state index in [9.17, 15) is 8.78 Å². The number of hydrogen-bond donors (Lipinski definition) is 1. The minimum absolute atomic E-state index is 0.0481. The summed E-state index contributed by atoms with van der Waals surface area (Å²) < 4.78 is 24.8. The van der Waals surface area contributed by atoms with E-state index in [0.29, 0.717) is 0 Å². The molecule has 0 aliphatic rings. The first kappa shape index (κ1) is 8.63. The van der Waals surface area contributed by atoms with Crippen LogP contribution in [0, 0.1) is 3.57 Å².